The maximum absolute atomic E-state index is 12.1. The van der Waals surface area contributed by atoms with Crippen LogP contribution in [0.1, 0.15) is 10.4 Å². The van der Waals surface area contributed by atoms with Crippen LogP contribution in [0.25, 0.3) is 11.1 Å². The number of carbonyl (C=O) groups is 1. The van der Waals surface area contributed by atoms with Gasteiger partial charge in [0.2, 0.25) is 0 Å². The predicted octanol–water partition coefficient (Wildman–Crippen LogP) is 3.95. The standard InChI is InChI=1S/C22H20O4/c23-20(15-25-21-9-5-2-6-10-21)16-26-22(24)19-13-11-18(12-14-19)17-7-3-1-4-8-17/h1-14,20,23H,15-16H2. The van der Waals surface area contributed by atoms with Gasteiger partial charge in [-0.3, -0.25) is 0 Å². The monoisotopic (exact) mass is 348 g/mol. The van der Waals surface area contributed by atoms with Gasteiger partial charge in [0.1, 0.15) is 25.1 Å². The third-order valence-electron chi connectivity index (χ3n) is 3.82. The van der Waals surface area contributed by atoms with Crippen molar-refractivity contribution in [1.29, 1.82) is 0 Å². The maximum Gasteiger partial charge on any atom is 0.338 e. The van der Waals surface area contributed by atoms with Crippen LogP contribution in [0.3, 0.4) is 0 Å². The Hall–Kier alpha value is -3.11. The highest BCUT2D eigenvalue weighted by Gasteiger charge is 2.12. The minimum absolute atomic E-state index is 0.0598. The fourth-order valence-corrected chi connectivity index (χ4v) is 2.44. The molecule has 0 aromatic heterocycles. The number of aliphatic hydroxyl groups excluding tert-OH is 1. The van der Waals surface area contributed by atoms with E-state index in [-0.39, 0.29) is 13.2 Å². The molecule has 0 saturated carbocycles. The van der Waals surface area contributed by atoms with Crippen LogP contribution in [0, 0.1) is 0 Å². The van der Waals surface area contributed by atoms with Crippen molar-refractivity contribution in [3.63, 3.8) is 0 Å². The summed E-state index contributed by atoms with van der Waals surface area (Å²) in [5, 5.41) is 9.90. The van der Waals surface area contributed by atoms with E-state index >= 15 is 0 Å². The summed E-state index contributed by atoms with van der Waals surface area (Å²) in [5.41, 5.74) is 2.56. The van der Waals surface area contributed by atoms with E-state index in [4.69, 9.17) is 9.47 Å². The van der Waals surface area contributed by atoms with E-state index in [0.717, 1.165) is 11.1 Å². The van der Waals surface area contributed by atoms with E-state index in [1.165, 1.54) is 0 Å². The molecule has 4 heteroatoms. The van der Waals surface area contributed by atoms with E-state index < -0.39 is 12.1 Å². The molecule has 26 heavy (non-hydrogen) atoms. The van der Waals surface area contributed by atoms with Crippen LogP contribution in [0.5, 0.6) is 5.75 Å². The van der Waals surface area contributed by atoms with Gasteiger partial charge in [0.05, 0.1) is 5.56 Å². The first-order valence-corrected chi connectivity index (χ1v) is 8.41. The molecule has 0 saturated heterocycles. The Kier molecular flexibility index (Phi) is 6.01. The number of benzene rings is 3. The lowest BCUT2D eigenvalue weighted by Gasteiger charge is -2.13. The largest absolute Gasteiger partial charge is 0.491 e. The Morgan fingerprint density at radius 2 is 1.35 bits per heavy atom. The average Bonchev–Trinajstić information content (AvgIpc) is 2.72. The van der Waals surface area contributed by atoms with Crippen molar-refractivity contribution in [1.82, 2.24) is 0 Å². The molecule has 0 aliphatic rings. The smallest absolute Gasteiger partial charge is 0.338 e. The molecule has 0 spiro atoms. The van der Waals surface area contributed by atoms with Crippen molar-refractivity contribution in [3.8, 4) is 16.9 Å². The number of rotatable bonds is 7. The lowest BCUT2D eigenvalue weighted by Crippen LogP contribution is -2.25. The minimum atomic E-state index is -0.886. The SMILES string of the molecule is O=C(OCC(O)COc1ccccc1)c1ccc(-c2ccccc2)cc1. The fraction of sp³-hybridized carbons (Fsp3) is 0.136. The van der Waals surface area contributed by atoms with Crippen LogP contribution in [-0.2, 0) is 4.74 Å². The molecule has 1 atom stereocenters. The summed E-state index contributed by atoms with van der Waals surface area (Å²) in [7, 11) is 0. The Morgan fingerprint density at radius 1 is 0.769 bits per heavy atom. The molecule has 0 aliphatic carbocycles. The summed E-state index contributed by atoms with van der Waals surface area (Å²) in [6.45, 7) is -0.0592. The summed E-state index contributed by atoms with van der Waals surface area (Å²) in [6.07, 6.45) is -0.886. The number of hydrogen-bond donors (Lipinski definition) is 1. The van der Waals surface area contributed by atoms with Crippen LogP contribution in [0.4, 0.5) is 0 Å². The van der Waals surface area contributed by atoms with Crippen molar-refractivity contribution in [3.05, 3.63) is 90.5 Å². The summed E-state index contributed by atoms with van der Waals surface area (Å²) in [5.74, 6) is 0.192. The van der Waals surface area contributed by atoms with Gasteiger partial charge in [0.15, 0.2) is 0 Å². The molecule has 0 heterocycles. The van der Waals surface area contributed by atoms with Crippen LogP contribution in [0.15, 0.2) is 84.9 Å². The number of esters is 1. The minimum Gasteiger partial charge on any atom is -0.491 e. The normalized spacial score (nSPS) is 11.6. The van der Waals surface area contributed by atoms with Crippen LogP contribution in [0.2, 0.25) is 0 Å². The molecule has 132 valence electrons. The number of para-hydroxylation sites is 1. The van der Waals surface area contributed by atoms with Crippen LogP contribution in [-0.4, -0.2) is 30.4 Å². The van der Waals surface area contributed by atoms with Gasteiger partial charge in [0, 0.05) is 0 Å². The first-order chi connectivity index (χ1) is 12.7. The van der Waals surface area contributed by atoms with Gasteiger partial charge < -0.3 is 14.6 Å². The first kappa shape index (κ1) is 17.7. The molecular weight excluding hydrogens is 328 g/mol. The van der Waals surface area contributed by atoms with Crippen LogP contribution >= 0.6 is 0 Å². The van der Waals surface area contributed by atoms with E-state index in [2.05, 4.69) is 0 Å². The van der Waals surface area contributed by atoms with Crippen molar-refractivity contribution < 1.29 is 19.4 Å². The third kappa shape index (κ3) is 4.94. The van der Waals surface area contributed by atoms with Gasteiger partial charge >= 0.3 is 5.97 Å². The summed E-state index contributed by atoms with van der Waals surface area (Å²) < 4.78 is 10.6. The van der Waals surface area contributed by atoms with Gasteiger partial charge in [-0.05, 0) is 35.4 Å². The van der Waals surface area contributed by atoms with Crippen molar-refractivity contribution in [2.75, 3.05) is 13.2 Å². The highest BCUT2D eigenvalue weighted by molar-refractivity contribution is 5.90. The molecule has 1 unspecified atom stereocenters. The highest BCUT2D eigenvalue weighted by Crippen LogP contribution is 2.19. The summed E-state index contributed by atoms with van der Waals surface area (Å²) >= 11 is 0. The zero-order valence-corrected chi connectivity index (χ0v) is 14.2. The first-order valence-electron chi connectivity index (χ1n) is 8.41. The van der Waals surface area contributed by atoms with E-state index in [1.54, 1.807) is 24.3 Å². The zero-order valence-electron chi connectivity index (χ0n) is 14.2. The van der Waals surface area contributed by atoms with Gasteiger partial charge in [-0.25, -0.2) is 4.79 Å². The fourth-order valence-electron chi connectivity index (χ4n) is 2.44. The molecule has 3 rings (SSSR count). The number of aliphatic hydroxyl groups is 1. The van der Waals surface area contributed by atoms with Gasteiger partial charge in [-0.2, -0.15) is 0 Å². The number of ether oxygens (including phenoxy) is 2. The molecule has 0 amide bonds. The Balaban J connectivity index is 1.48. The second-order valence-electron chi connectivity index (χ2n) is 5.82. The number of hydrogen-bond acceptors (Lipinski definition) is 4. The Bertz CT molecular complexity index is 814. The second-order valence-corrected chi connectivity index (χ2v) is 5.82. The van der Waals surface area contributed by atoms with E-state index in [1.807, 2.05) is 60.7 Å². The van der Waals surface area contributed by atoms with Crippen molar-refractivity contribution in [2.45, 2.75) is 6.10 Å². The Morgan fingerprint density at radius 3 is 2.00 bits per heavy atom. The topological polar surface area (TPSA) is 55.8 Å². The molecule has 0 aliphatic heterocycles. The molecule has 1 N–H and O–H groups in total. The summed E-state index contributed by atoms with van der Waals surface area (Å²) in [6, 6.07) is 26.3. The molecule has 3 aromatic carbocycles. The lowest BCUT2D eigenvalue weighted by atomic mass is 10.0. The van der Waals surface area contributed by atoms with Gasteiger partial charge in [-0.1, -0.05) is 60.7 Å². The number of carbonyl (C=O) groups excluding carboxylic acids is 1. The molecular formula is C22H20O4. The zero-order chi connectivity index (χ0) is 18.2. The van der Waals surface area contributed by atoms with E-state index in [9.17, 15) is 9.90 Å². The molecule has 0 radical (unpaired) electrons. The molecule has 0 fully saturated rings. The second kappa shape index (κ2) is 8.83. The average molecular weight is 348 g/mol. The van der Waals surface area contributed by atoms with Gasteiger partial charge in [-0.15, -0.1) is 0 Å². The molecule has 4 nitrogen and oxygen atoms in total. The van der Waals surface area contributed by atoms with E-state index in [0.29, 0.717) is 11.3 Å². The highest BCUT2D eigenvalue weighted by atomic mass is 16.5. The molecule has 0 bridgehead atoms. The maximum atomic E-state index is 12.1. The molecule has 3 aromatic rings. The predicted molar refractivity (Wildman–Crippen MR) is 100 cm³/mol. The summed E-state index contributed by atoms with van der Waals surface area (Å²) in [4.78, 5) is 12.1. The van der Waals surface area contributed by atoms with Crippen molar-refractivity contribution in [2.24, 2.45) is 0 Å². The van der Waals surface area contributed by atoms with Gasteiger partial charge in [0.25, 0.3) is 0 Å². The third-order valence-corrected chi connectivity index (χ3v) is 3.82. The van der Waals surface area contributed by atoms with Crippen LogP contribution < -0.4 is 4.74 Å². The Labute approximate surface area is 152 Å². The van der Waals surface area contributed by atoms with Crippen molar-refractivity contribution >= 4 is 5.97 Å². The lowest BCUT2D eigenvalue weighted by molar-refractivity contribution is 0.0130. The quantitative estimate of drug-likeness (QED) is 0.657.